The van der Waals surface area contributed by atoms with E-state index in [0.717, 1.165) is 12.2 Å². The Morgan fingerprint density at radius 1 is 1.24 bits per heavy atom. The van der Waals surface area contributed by atoms with Gasteiger partial charge in [0.15, 0.2) is 0 Å². The molecule has 0 heterocycles. The Morgan fingerprint density at radius 2 is 1.76 bits per heavy atom. The first-order chi connectivity index (χ1) is 8.12. The SMILES string of the molecule is C=CC(=O)OCC.C=CC(=O)OCCN=C=O. The third kappa shape index (κ3) is 16.5. The molecule has 0 aromatic rings. The van der Waals surface area contributed by atoms with Gasteiger partial charge in [0.2, 0.25) is 6.08 Å². The number of hydrogen-bond donors (Lipinski definition) is 0. The van der Waals surface area contributed by atoms with Crippen molar-refractivity contribution >= 4 is 18.0 Å². The van der Waals surface area contributed by atoms with E-state index < -0.39 is 5.97 Å². The van der Waals surface area contributed by atoms with Crippen molar-refractivity contribution in [3.63, 3.8) is 0 Å². The predicted octanol–water partition coefficient (Wildman–Crippen LogP) is 0.787. The van der Waals surface area contributed by atoms with Gasteiger partial charge >= 0.3 is 11.9 Å². The topological polar surface area (TPSA) is 82.0 Å². The third-order valence-corrected chi connectivity index (χ3v) is 1.13. The number of rotatable bonds is 6. The largest absolute Gasteiger partial charge is 0.463 e. The minimum absolute atomic E-state index is 0.0973. The molecule has 0 aliphatic heterocycles. The Balaban J connectivity index is 0. The van der Waals surface area contributed by atoms with E-state index in [2.05, 4.69) is 27.6 Å². The molecule has 0 aliphatic rings. The third-order valence-electron chi connectivity index (χ3n) is 1.13. The fraction of sp³-hybridized carbons (Fsp3) is 0.364. The van der Waals surface area contributed by atoms with E-state index in [-0.39, 0.29) is 19.1 Å². The Morgan fingerprint density at radius 3 is 2.12 bits per heavy atom. The first kappa shape index (κ1) is 17.2. The van der Waals surface area contributed by atoms with Gasteiger partial charge in [0.05, 0.1) is 13.2 Å². The molecule has 0 aromatic carbocycles. The number of hydrogen-bond acceptors (Lipinski definition) is 6. The summed E-state index contributed by atoms with van der Waals surface area (Å²) >= 11 is 0. The number of esters is 2. The summed E-state index contributed by atoms with van der Waals surface area (Å²) in [5, 5.41) is 0. The van der Waals surface area contributed by atoms with Crippen molar-refractivity contribution in [1.29, 1.82) is 0 Å². The second-order valence-electron chi connectivity index (χ2n) is 2.30. The maximum absolute atomic E-state index is 10.3. The number of aliphatic imine (C=N–C) groups is 1. The lowest BCUT2D eigenvalue weighted by Gasteiger charge is -1.94. The molecule has 6 nitrogen and oxygen atoms in total. The fourth-order valence-corrected chi connectivity index (χ4v) is 0.498. The summed E-state index contributed by atoms with van der Waals surface area (Å²) in [4.78, 5) is 33.0. The van der Waals surface area contributed by atoms with Gasteiger partial charge in [-0.05, 0) is 6.92 Å². The molecule has 0 radical (unpaired) electrons. The van der Waals surface area contributed by atoms with Crippen LogP contribution in [0.15, 0.2) is 30.3 Å². The quantitative estimate of drug-likeness (QED) is 0.226. The number of ether oxygens (including phenoxy) is 2. The maximum atomic E-state index is 10.3. The van der Waals surface area contributed by atoms with Crippen LogP contribution in [0.25, 0.3) is 0 Å². The molecule has 0 aliphatic carbocycles. The number of carbonyl (C=O) groups excluding carboxylic acids is 3. The van der Waals surface area contributed by atoms with E-state index in [9.17, 15) is 14.4 Å². The molecule has 0 unspecified atom stereocenters. The lowest BCUT2D eigenvalue weighted by Crippen LogP contribution is -2.03. The Bertz CT molecular complexity index is 305. The molecule has 17 heavy (non-hydrogen) atoms. The molecule has 0 fully saturated rings. The number of carbonyl (C=O) groups is 2. The summed E-state index contributed by atoms with van der Waals surface area (Å²) in [6, 6.07) is 0. The van der Waals surface area contributed by atoms with Gasteiger partial charge in [-0.25, -0.2) is 19.4 Å². The Hall–Kier alpha value is -2.20. The van der Waals surface area contributed by atoms with Gasteiger partial charge < -0.3 is 9.47 Å². The lowest BCUT2D eigenvalue weighted by atomic mass is 10.6. The van der Waals surface area contributed by atoms with Crippen LogP contribution >= 0.6 is 0 Å². The van der Waals surface area contributed by atoms with E-state index in [4.69, 9.17) is 0 Å². The zero-order chi connectivity index (χ0) is 13.5. The zero-order valence-corrected chi connectivity index (χ0v) is 9.68. The van der Waals surface area contributed by atoms with Crippen LogP contribution in [0.1, 0.15) is 6.92 Å². The molecule has 0 spiro atoms. The summed E-state index contributed by atoms with van der Waals surface area (Å²) < 4.78 is 8.90. The monoisotopic (exact) mass is 241 g/mol. The Kier molecular flexibility index (Phi) is 14.0. The zero-order valence-electron chi connectivity index (χ0n) is 9.68. The van der Waals surface area contributed by atoms with E-state index in [1.54, 1.807) is 6.92 Å². The molecule has 0 aromatic heterocycles. The van der Waals surface area contributed by atoms with Crippen molar-refractivity contribution in [3.8, 4) is 0 Å². The minimum Gasteiger partial charge on any atom is -0.463 e. The average Bonchev–Trinajstić information content (AvgIpc) is 2.35. The van der Waals surface area contributed by atoms with E-state index in [1.807, 2.05) is 0 Å². The van der Waals surface area contributed by atoms with Crippen LogP contribution in [0, 0.1) is 0 Å². The molecule has 0 atom stereocenters. The highest BCUT2D eigenvalue weighted by Crippen LogP contribution is 1.78. The molecule has 0 amide bonds. The summed E-state index contributed by atoms with van der Waals surface area (Å²) in [5.74, 6) is -0.872. The molecule has 0 rings (SSSR count). The van der Waals surface area contributed by atoms with E-state index >= 15 is 0 Å². The summed E-state index contributed by atoms with van der Waals surface area (Å²) in [6.07, 6.45) is 3.51. The van der Waals surface area contributed by atoms with Crippen molar-refractivity contribution in [1.82, 2.24) is 0 Å². The fourth-order valence-electron chi connectivity index (χ4n) is 0.498. The molecule has 0 saturated heterocycles. The first-order valence-corrected chi connectivity index (χ1v) is 4.74. The first-order valence-electron chi connectivity index (χ1n) is 4.74. The predicted molar refractivity (Wildman–Crippen MR) is 61.0 cm³/mol. The second-order valence-corrected chi connectivity index (χ2v) is 2.30. The van der Waals surface area contributed by atoms with Crippen LogP contribution in [0.5, 0.6) is 0 Å². The maximum Gasteiger partial charge on any atom is 0.330 e. The molecule has 94 valence electrons. The van der Waals surface area contributed by atoms with Gasteiger partial charge in [0.25, 0.3) is 0 Å². The lowest BCUT2D eigenvalue weighted by molar-refractivity contribution is -0.138. The smallest absolute Gasteiger partial charge is 0.330 e. The van der Waals surface area contributed by atoms with Crippen molar-refractivity contribution in [2.45, 2.75) is 6.92 Å². The van der Waals surface area contributed by atoms with Gasteiger partial charge in [-0.15, -0.1) is 0 Å². The van der Waals surface area contributed by atoms with Crippen LogP contribution in [-0.2, 0) is 23.9 Å². The molecule has 0 bridgehead atoms. The summed E-state index contributed by atoms with van der Waals surface area (Å²) in [6.45, 7) is 8.81. The summed E-state index contributed by atoms with van der Waals surface area (Å²) in [7, 11) is 0. The van der Waals surface area contributed by atoms with Crippen molar-refractivity contribution in [2.75, 3.05) is 19.8 Å². The minimum atomic E-state index is -0.513. The van der Waals surface area contributed by atoms with Crippen LogP contribution in [-0.4, -0.2) is 37.8 Å². The van der Waals surface area contributed by atoms with E-state index in [0.29, 0.717) is 6.61 Å². The molecular weight excluding hydrogens is 226 g/mol. The van der Waals surface area contributed by atoms with Crippen molar-refractivity contribution in [2.24, 2.45) is 4.99 Å². The van der Waals surface area contributed by atoms with Gasteiger partial charge in [0, 0.05) is 12.2 Å². The molecule has 6 heteroatoms. The average molecular weight is 241 g/mol. The summed E-state index contributed by atoms with van der Waals surface area (Å²) in [5.41, 5.74) is 0. The highest BCUT2D eigenvalue weighted by atomic mass is 16.5. The van der Waals surface area contributed by atoms with Gasteiger partial charge in [-0.2, -0.15) is 0 Å². The highest BCUT2D eigenvalue weighted by Gasteiger charge is 1.91. The van der Waals surface area contributed by atoms with Gasteiger partial charge in [0.1, 0.15) is 6.61 Å². The second kappa shape index (κ2) is 13.8. The number of isocyanates is 1. The van der Waals surface area contributed by atoms with Crippen LogP contribution in [0.2, 0.25) is 0 Å². The normalized spacial score (nSPS) is 7.59. The van der Waals surface area contributed by atoms with Crippen LogP contribution in [0.3, 0.4) is 0 Å². The molecular formula is C11H15NO5. The van der Waals surface area contributed by atoms with E-state index in [1.165, 1.54) is 6.08 Å². The van der Waals surface area contributed by atoms with Crippen LogP contribution < -0.4 is 0 Å². The van der Waals surface area contributed by atoms with Crippen LogP contribution in [0.4, 0.5) is 0 Å². The molecule has 0 N–H and O–H groups in total. The highest BCUT2D eigenvalue weighted by molar-refractivity contribution is 5.81. The molecule has 0 saturated carbocycles. The Labute approximate surface area is 99.6 Å². The van der Waals surface area contributed by atoms with Gasteiger partial charge in [-0.3, -0.25) is 0 Å². The van der Waals surface area contributed by atoms with Gasteiger partial charge in [-0.1, -0.05) is 13.2 Å². The standard InChI is InChI=1S/C6H7NO3.C5H8O2/c1-2-6(9)10-4-3-7-5-8;1-3-5(6)7-4-2/h2H,1,3-4H2;3H,1,4H2,2H3. The van der Waals surface area contributed by atoms with Crippen molar-refractivity contribution < 1.29 is 23.9 Å². The van der Waals surface area contributed by atoms with Crippen molar-refractivity contribution in [3.05, 3.63) is 25.3 Å². The number of nitrogens with zero attached hydrogens (tertiary/aromatic N) is 1.